The van der Waals surface area contributed by atoms with Gasteiger partial charge in [-0.2, -0.15) is 0 Å². The molecule has 0 spiro atoms. The highest BCUT2D eigenvalue weighted by atomic mass is 35.5. The van der Waals surface area contributed by atoms with Crippen molar-refractivity contribution in [3.05, 3.63) is 71.0 Å². The van der Waals surface area contributed by atoms with Crippen LogP contribution in [0.3, 0.4) is 0 Å². The van der Waals surface area contributed by atoms with Crippen molar-refractivity contribution < 1.29 is 4.39 Å². The second-order valence-corrected chi connectivity index (χ2v) is 7.75. The van der Waals surface area contributed by atoms with Gasteiger partial charge in [0.15, 0.2) is 5.65 Å². The lowest BCUT2D eigenvalue weighted by atomic mass is 10.1. The number of aromatic nitrogens is 4. The molecule has 3 aromatic heterocycles. The van der Waals surface area contributed by atoms with E-state index in [2.05, 4.69) is 30.2 Å². The van der Waals surface area contributed by atoms with Gasteiger partial charge in [0.1, 0.15) is 23.0 Å². The highest BCUT2D eigenvalue weighted by Crippen LogP contribution is 2.31. The van der Waals surface area contributed by atoms with Gasteiger partial charge < -0.3 is 15.2 Å². The lowest BCUT2D eigenvalue weighted by molar-refractivity contribution is 0.585. The maximum atomic E-state index is 13.5. The first kappa shape index (κ1) is 19.0. The normalized spacial score (nSPS) is 14.4. The van der Waals surface area contributed by atoms with Gasteiger partial charge in [0.25, 0.3) is 0 Å². The number of nitrogens with one attached hydrogen (secondary N) is 2. The maximum absolute atomic E-state index is 13.5. The molecule has 0 bridgehead atoms. The van der Waals surface area contributed by atoms with Crippen LogP contribution in [0.1, 0.15) is 11.4 Å². The zero-order valence-electron chi connectivity index (χ0n) is 16.2. The number of pyridine rings is 2. The third kappa shape index (κ3) is 3.86. The predicted molar refractivity (Wildman–Crippen MR) is 116 cm³/mol. The SMILES string of the molecule is Fc1cccc(Cc2nc3cc(-c4cc(N5CCNCC5)ncc4Cl)cnc3[nH]2)c1. The number of aromatic amines is 1. The summed E-state index contributed by atoms with van der Waals surface area (Å²) in [6.07, 6.45) is 3.99. The van der Waals surface area contributed by atoms with Gasteiger partial charge in [0.2, 0.25) is 0 Å². The topological polar surface area (TPSA) is 69.7 Å². The highest BCUT2D eigenvalue weighted by molar-refractivity contribution is 6.33. The largest absolute Gasteiger partial charge is 0.354 e. The predicted octanol–water partition coefficient (Wildman–Crippen LogP) is 3.81. The van der Waals surface area contributed by atoms with Crippen molar-refractivity contribution in [2.75, 3.05) is 31.1 Å². The summed E-state index contributed by atoms with van der Waals surface area (Å²) in [6, 6.07) is 10.5. The quantitative estimate of drug-likeness (QED) is 0.523. The van der Waals surface area contributed by atoms with E-state index in [4.69, 9.17) is 11.6 Å². The van der Waals surface area contributed by atoms with Gasteiger partial charge in [-0.05, 0) is 29.8 Å². The van der Waals surface area contributed by atoms with Crippen LogP contribution in [-0.4, -0.2) is 46.1 Å². The van der Waals surface area contributed by atoms with E-state index in [1.165, 1.54) is 12.1 Å². The first-order chi connectivity index (χ1) is 14.7. The second kappa shape index (κ2) is 8.01. The number of halogens is 2. The smallest absolute Gasteiger partial charge is 0.157 e. The van der Waals surface area contributed by atoms with Crippen molar-refractivity contribution >= 4 is 28.6 Å². The monoisotopic (exact) mass is 422 g/mol. The maximum Gasteiger partial charge on any atom is 0.157 e. The van der Waals surface area contributed by atoms with Crippen molar-refractivity contribution in [3.63, 3.8) is 0 Å². The van der Waals surface area contributed by atoms with Crippen molar-refractivity contribution in [1.82, 2.24) is 25.3 Å². The molecule has 8 heteroatoms. The van der Waals surface area contributed by atoms with E-state index < -0.39 is 0 Å². The molecule has 0 radical (unpaired) electrons. The lowest BCUT2D eigenvalue weighted by Gasteiger charge is -2.28. The molecular weight excluding hydrogens is 403 g/mol. The molecule has 5 rings (SSSR count). The number of benzene rings is 1. The minimum absolute atomic E-state index is 0.253. The summed E-state index contributed by atoms with van der Waals surface area (Å²) in [4.78, 5) is 19.1. The van der Waals surface area contributed by atoms with Gasteiger partial charge in [-0.1, -0.05) is 23.7 Å². The molecule has 1 aliphatic heterocycles. The van der Waals surface area contributed by atoms with Gasteiger partial charge in [-0.3, -0.25) is 0 Å². The number of hydrogen-bond donors (Lipinski definition) is 2. The van der Waals surface area contributed by atoms with Crippen LogP contribution in [0.2, 0.25) is 5.02 Å². The molecule has 1 aromatic carbocycles. The molecule has 0 unspecified atom stereocenters. The van der Waals surface area contributed by atoms with Gasteiger partial charge in [-0.25, -0.2) is 19.3 Å². The first-order valence-electron chi connectivity index (χ1n) is 9.86. The van der Waals surface area contributed by atoms with Crippen LogP contribution in [0.5, 0.6) is 0 Å². The molecule has 0 amide bonds. The Labute approximate surface area is 178 Å². The fourth-order valence-electron chi connectivity index (χ4n) is 3.73. The Morgan fingerprint density at radius 1 is 1.07 bits per heavy atom. The third-order valence-electron chi connectivity index (χ3n) is 5.24. The van der Waals surface area contributed by atoms with Crippen LogP contribution in [0.25, 0.3) is 22.3 Å². The number of piperazine rings is 1. The first-order valence-corrected chi connectivity index (χ1v) is 10.2. The number of imidazole rings is 1. The Balaban J connectivity index is 1.46. The highest BCUT2D eigenvalue weighted by Gasteiger charge is 2.15. The zero-order chi connectivity index (χ0) is 20.5. The van der Waals surface area contributed by atoms with E-state index in [9.17, 15) is 4.39 Å². The summed E-state index contributed by atoms with van der Waals surface area (Å²) in [6.45, 7) is 3.70. The van der Waals surface area contributed by atoms with E-state index in [0.29, 0.717) is 17.1 Å². The van der Waals surface area contributed by atoms with E-state index in [1.54, 1.807) is 18.5 Å². The Kier molecular flexibility index (Phi) is 5.06. The average Bonchev–Trinajstić information content (AvgIpc) is 3.16. The molecule has 2 N–H and O–H groups in total. The summed E-state index contributed by atoms with van der Waals surface area (Å²) in [5, 5.41) is 3.92. The molecule has 0 aliphatic carbocycles. The molecule has 1 fully saturated rings. The van der Waals surface area contributed by atoms with Gasteiger partial charge in [-0.15, -0.1) is 0 Å². The summed E-state index contributed by atoms with van der Waals surface area (Å²) in [5.41, 5.74) is 4.06. The van der Waals surface area contributed by atoms with Crippen LogP contribution in [0.4, 0.5) is 10.2 Å². The fourth-order valence-corrected chi connectivity index (χ4v) is 3.94. The van der Waals surface area contributed by atoms with E-state index in [0.717, 1.165) is 60.0 Å². The standard InChI is InChI=1S/C22H20ClFN6/c23-18-13-26-21(30-6-4-25-5-7-30)11-17(18)15-10-19-22(27-12-15)29-20(28-19)9-14-2-1-3-16(24)8-14/h1-3,8,10-13,25H,4-7,9H2,(H,27,28,29). The summed E-state index contributed by atoms with van der Waals surface area (Å²) in [5.74, 6) is 1.39. The summed E-state index contributed by atoms with van der Waals surface area (Å²) in [7, 11) is 0. The van der Waals surface area contributed by atoms with E-state index in [1.807, 2.05) is 18.2 Å². The molecule has 4 heterocycles. The van der Waals surface area contributed by atoms with E-state index in [-0.39, 0.29) is 5.82 Å². The van der Waals surface area contributed by atoms with Crippen LogP contribution >= 0.6 is 11.6 Å². The Bertz CT molecular complexity index is 1200. The molecule has 152 valence electrons. The summed E-state index contributed by atoms with van der Waals surface area (Å²) >= 11 is 6.46. The Hall–Kier alpha value is -3.03. The molecule has 6 nitrogen and oxygen atoms in total. The summed E-state index contributed by atoms with van der Waals surface area (Å²) < 4.78 is 13.5. The molecule has 0 saturated carbocycles. The molecule has 4 aromatic rings. The van der Waals surface area contributed by atoms with E-state index >= 15 is 0 Å². The second-order valence-electron chi connectivity index (χ2n) is 7.34. The number of hydrogen-bond acceptors (Lipinski definition) is 5. The minimum atomic E-state index is -0.253. The number of fused-ring (bicyclic) bond motifs is 1. The zero-order valence-corrected chi connectivity index (χ0v) is 17.0. The lowest BCUT2D eigenvalue weighted by Crippen LogP contribution is -2.43. The molecule has 1 saturated heterocycles. The van der Waals surface area contributed by atoms with Crippen molar-refractivity contribution in [1.29, 1.82) is 0 Å². The number of H-pyrrole nitrogens is 1. The fraction of sp³-hybridized carbons (Fsp3) is 0.227. The molecule has 0 atom stereocenters. The van der Waals surface area contributed by atoms with Gasteiger partial charge in [0, 0.05) is 56.1 Å². The number of nitrogens with zero attached hydrogens (tertiary/aromatic N) is 4. The van der Waals surface area contributed by atoms with Crippen LogP contribution in [0.15, 0.2) is 48.8 Å². The van der Waals surface area contributed by atoms with Crippen molar-refractivity contribution in [2.24, 2.45) is 0 Å². The van der Waals surface area contributed by atoms with Gasteiger partial charge >= 0.3 is 0 Å². The molecule has 30 heavy (non-hydrogen) atoms. The Morgan fingerprint density at radius 3 is 2.77 bits per heavy atom. The van der Waals surface area contributed by atoms with Crippen molar-refractivity contribution in [2.45, 2.75) is 6.42 Å². The Morgan fingerprint density at radius 2 is 1.93 bits per heavy atom. The van der Waals surface area contributed by atoms with Gasteiger partial charge in [0.05, 0.1) is 5.02 Å². The number of anilines is 1. The average molecular weight is 423 g/mol. The van der Waals surface area contributed by atoms with Crippen LogP contribution in [0, 0.1) is 5.82 Å². The molecular formula is C22H20ClFN6. The third-order valence-corrected chi connectivity index (χ3v) is 5.54. The van der Waals surface area contributed by atoms with Crippen LogP contribution < -0.4 is 10.2 Å². The van der Waals surface area contributed by atoms with Crippen LogP contribution in [-0.2, 0) is 6.42 Å². The van der Waals surface area contributed by atoms with Crippen molar-refractivity contribution in [3.8, 4) is 11.1 Å². The minimum Gasteiger partial charge on any atom is -0.354 e. The number of rotatable bonds is 4. The molecule has 1 aliphatic rings.